The number of benzene rings is 8. The summed E-state index contributed by atoms with van der Waals surface area (Å²) in [6, 6.07) is 63.8. The Bertz CT molecular complexity index is 3390. The van der Waals surface area contributed by atoms with E-state index in [0.29, 0.717) is 17.5 Å². The smallest absolute Gasteiger partial charge is 0.164 e. The van der Waals surface area contributed by atoms with Crippen LogP contribution in [0, 0.1) is 0 Å². The first-order valence-electron chi connectivity index (χ1n) is 19.5. The van der Waals surface area contributed by atoms with E-state index in [1.54, 1.807) is 0 Å². The number of furan rings is 1. The van der Waals surface area contributed by atoms with Gasteiger partial charge in [0.1, 0.15) is 11.2 Å². The number of aromatic nitrogens is 3. The van der Waals surface area contributed by atoms with Crippen molar-refractivity contribution >= 4 is 59.1 Å². The Hall–Kier alpha value is -7.41. The van der Waals surface area contributed by atoms with Gasteiger partial charge >= 0.3 is 0 Å². The molecule has 1 aliphatic rings. The number of nitrogens with zero attached hydrogens (tertiary/aromatic N) is 3. The molecule has 0 bridgehead atoms. The number of anilines is 1. The molecular weight excluding hydrogens is 729 g/mol. The van der Waals surface area contributed by atoms with Gasteiger partial charge in [-0.25, -0.2) is 15.0 Å². The molecule has 0 fully saturated rings. The number of hydrogen-bond donors (Lipinski definition) is 1. The Labute approximate surface area is 338 Å². The van der Waals surface area contributed by atoms with Gasteiger partial charge in [0.25, 0.3) is 0 Å². The van der Waals surface area contributed by atoms with Gasteiger partial charge in [0.15, 0.2) is 17.5 Å². The minimum atomic E-state index is -0.00403. The quantitative estimate of drug-likeness (QED) is 0.189. The van der Waals surface area contributed by atoms with Crippen molar-refractivity contribution in [1.82, 2.24) is 15.0 Å². The summed E-state index contributed by atoms with van der Waals surface area (Å²) in [6.45, 7) is 0. The summed E-state index contributed by atoms with van der Waals surface area (Å²) in [4.78, 5) is 15.7. The fraction of sp³-hybridized carbons (Fsp3) is 0.0192. The molecule has 5 nitrogen and oxygen atoms in total. The first-order chi connectivity index (χ1) is 28.7. The van der Waals surface area contributed by atoms with E-state index in [0.717, 1.165) is 61.0 Å². The van der Waals surface area contributed by atoms with Crippen molar-refractivity contribution in [1.29, 1.82) is 0 Å². The lowest BCUT2D eigenvalue weighted by Crippen LogP contribution is -2.18. The van der Waals surface area contributed by atoms with Crippen molar-refractivity contribution < 1.29 is 4.42 Å². The van der Waals surface area contributed by atoms with Crippen molar-refractivity contribution in [2.45, 2.75) is 6.04 Å². The molecule has 1 N–H and O–H groups in total. The molecular formula is C52H32N4OS. The van der Waals surface area contributed by atoms with Gasteiger partial charge in [-0.1, -0.05) is 133 Å². The van der Waals surface area contributed by atoms with E-state index in [4.69, 9.17) is 19.4 Å². The fourth-order valence-electron chi connectivity index (χ4n) is 8.69. The topological polar surface area (TPSA) is 63.8 Å². The van der Waals surface area contributed by atoms with Gasteiger partial charge in [-0.15, -0.1) is 11.3 Å². The lowest BCUT2D eigenvalue weighted by atomic mass is 9.83. The third-order valence-electron chi connectivity index (χ3n) is 11.4. The van der Waals surface area contributed by atoms with Gasteiger partial charge < -0.3 is 9.73 Å². The molecule has 1 atom stereocenters. The molecule has 8 aromatic carbocycles. The van der Waals surface area contributed by atoms with Gasteiger partial charge in [-0.05, 0) is 76.3 Å². The van der Waals surface area contributed by atoms with Gasteiger partial charge in [0.2, 0.25) is 0 Å². The van der Waals surface area contributed by atoms with Crippen molar-refractivity contribution in [3.05, 3.63) is 193 Å². The van der Waals surface area contributed by atoms with Gasteiger partial charge in [0.05, 0.1) is 6.04 Å². The normalized spacial score (nSPS) is 13.5. The third-order valence-corrected chi connectivity index (χ3v) is 12.5. The van der Waals surface area contributed by atoms with Crippen LogP contribution in [0.25, 0.3) is 98.5 Å². The monoisotopic (exact) mass is 760 g/mol. The summed E-state index contributed by atoms with van der Waals surface area (Å²) in [7, 11) is 0. The van der Waals surface area contributed by atoms with Gasteiger partial charge in [-0.2, -0.15) is 0 Å². The number of rotatable bonds is 5. The lowest BCUT2D eigenvalue weighted by Gasteiger charge is -2.31. The van der Waals surface area contributed by atoms with E-state index in [1.165, 1.54) is 36.9 Å². The molecule has 0 radical (unpaired) electrons. The molecule has 6 heteroatoms. The SMILES string of the molecule is c1ccc(-c2ccccc2-c2nc(-c3ccc4c(c3)-c3c(ccc5sc6ccccc6c35)C(c3ccccc3)N4)nc(-c3ccc4c(c3)oc3ccccc34)n2)cc1. The van der Waals surface area contributed by atoms with E-state index < -0.39 is 0 Å². The van der Waals surface area contributed by atoms with E-state index >= 15 is 0 Å². The number of nitrogens with one attached hydrogen (secondary N) is 1. The Morgan fingerprint density at radius 2 is 1.10 bits per heavy atom. The molecule has 3 aromatic heterocycles. The van der Waals surface area contributed by atoms with Crippen LogP contribution in [0.5, 0.6) is 0 Å². The lowest BCUT2D eigenvalue weighted by molar-refractivity contribution is 0.669. The molecule has 11 aromatic rings. The molecule has 4 heterocycles. The summed E-state index contributed by atoms with van der Waals surface area (Å²) < 4.78 is 8.89. The van der Waals surface area contributed by atoms with Crippen LogP contribution in [0.1, 0.15) is 17.2 Å². The Morgan fingerprint density at radius 1 is 0.448 bits per heavy atom. The minimum absolute atomic E-state index is 0.00403. The molecule has 1 aliphatic heterocycles. The van der Waals surface area contributed by atoms with E-state index in [1.807, 2.05) is 41.7 Å². The van der Waals surface area contributed by atoms with Crippen molar-refractivity contribution in [2.75, 3.05) is 5.32 Å². The zero-order valence-corrected chi connectivity index (χ0v) is 31.9. The summed E-state index contributed by atoms with van der Waals surface area (Å²) in [5, 5.41) is 8.62. The van der Waals surface area contributed by atoms with E-state index in [-0.39, 0.29) is 6.04 Å². The molecule has 0 saturated heterocycles. The second-order valence-corrected chi connectivity index (χ2v) is 15.9. The molecule has 0 amide bonds. The highest BCUT2D eigenvalue weighted by molar-refractivity contribution is 7.26. The molecule has 1 unspecified atom stereocenters. The second kappa shape index (κ2) is 13.1. The van der Waals surface area contributed by atoms with Crippen molar-refractivity contribution in [3.8, 4) is 56.4 Å². The number of para-hydroxylation sites is 1. The van der Waals surface area contributed by atoms with Crippen molar-refractivity contribution in [2.24, 2.45) is 0 Å². The van der Waals surface area contributed by atoms with Crippen LogP contribution in [-0.4, -0.2) is 15.0 Å². The zero-order valence-electron chi connectivity index (χ0n) is 31.1. The van der Waals surface area contributed by atoms with Crippen LogP contribution in [0.3, 0.4) is 0 Å². The van der Waals surface area contributed by atoms with E-state index in [9.17, 15) is 0 Å². The average molecular weight is 761 g/mol. The molecule has 0 aliphatic carbocycles. The Balaban J connectivity index is 1.09. The maximum Gasteiger partial charge on any atom is 0.164 e. The highest BCUT2D eigenvalue weighted by Crippen LogP contribution is 2.50. The van der Waals surface area contributed by atoms with Crippen LogP contribution in [-0.2, 0) is 0 Å². The summed E-state index contributed by atoms with van der Waals surface area (Å²) >= 11 is 1.85. The molecule has 0 saturated carbocycles. The highest BCUT2D eigenvalue weighted by atomic mass is 32.1. The van der Waals surface area contributed by atoms with Crippen LogP contribution in [0.4, 0.5) is 5.69 Å². The van der Waals surface area contributed by atoms with Crippen LogP contribution >= 0.6 is 11.3 Å². The maximum absolute atomic E-state index is 6.34. The van der Waals surface area contributed by atoms with Gasteiger partial charge in [0, 0.05) is 58.9 Å². The summed E-state index contributed by atoms with van der Waals surface area (Å²) in [5.74, 6) is 1.79. The number of thiophene rings is 1. The predicted molar refractivity (Wildman–Crippen MR) is 239 cm³/mol. The van der Waals surface area contributed by atoms with Crippen LogP contribution in [0.2, 0.25) is 0 Å². The fourth-order valence-corrected chi connectivity index (χ4v) is 9.80. The van der Waals surface area contributed by atoms with Crippen molar-refractivity contribution in [3.63, 3.8) is 0 Å². The molecule has 0 spiro atoms. The first kappa shape index (κ1) is 32.8. The largest absolute Gasteiger partial charge is 0.456 e. The second-order valence-electron chi connectivity index (χ2n) is 14.8. The zero-order chi connectivity index (χ0) is 38.2. The number of fused-ring (bicyclic) bond motifs is 10. The summed E-state index contributed by atoms with van der Waals surface area (Å²) in [6.07, 6.45) is 0. The molecule has 58 heavy (non-hydrogen) atoms. The molecule has 12 rings (SSSR count). The minimum Gasteiger partial charge on any atom is -0.456 e. The van der Waals surface area contributed by atoms with Crippen LogP contribution in [0.15, 0.2) is 186 Å². The van der Waals surface area contributed by atoms with E-state index in [2.05, 4.69) is 157 Å². The third kappa shape index (κ3) is 5.26. The van der Waals surface area contributed by atoms with Crippen LogP contribution < -0.4 is 5.32 Å². The number of hydrogen-bond acceptors (Lipinski definition) is 6. The summed E-state index contributed by atoms with van der Waals surface area (Å²) in [5.41, 5.74) is 12.4. The highest BCUT2D eigenvalue weighted by Gasteiger charge is 2.29. The molecule has 272 valence electrons. The van der Waals surface area contributed by atoms with Gasteiger partial charge in [-0.3, -0.25) is 0 Å². The Morgan fingerprint density at radius 3 is 1.95 bits per heavy atom. The average Bonchev–Trinajstić information content (AvgIpc) is 3.87. The first-order valence-corrected chi connectivity index (χ1v) is 20.3. The Kier molecular flexibility index (Phi) is 7.40. The predicted octanol–water partition coefficient (Wildman–Crippen LogP) is 14.0. The standard InChI is InChI=1S/C52H32N4OS/c1-3-13-31(14-4-1)35-17-7-8-19-38(35)52-55-50(54-51(56-52)34-23-25-37-36-18-9-11-21-43(36)57-44(37)30-34)33-24-27-42-41(29-33)47-40(49(53-42)32-15-5-2-6-16-32)26-28-46-48(47)39-20-10-12-22-45(39)58-46/h1-30,49,53H. The maximum atomic E-state index is 6.34.